The third-order valence-corrected chi connectivity index (χ3v) is 12.2. The summed E-state index contributed by atoms with van der Waals surface area (Å²) >= 11 is 0. The minimum absolute atomic E-state index is 0.00338. The van der Waals surface area contributed by atoms with Crippen LogP contribution in [-0.2, 0) is 32.5 Å². The van der Waals surface area contributed by atoms with Gasteiger partial charge in [0.1, 0.15) is 6.10 Å². The van der Waals surface area contributed by atoms with Crippen LogP contribution in [0.1, 0.15) is 239 Å². The number of rotatable bonds is 46. The lowest BCUT2D eigenvalue weighted by atomic mass is 10.00. The maximum Gasteiger partial charge on any atom is 0.475 e. The Labute approximate surface area is 352 Å². The largest absolute Gasteiger partial charge is 0.475 e. The zero-order valence-corrected chi connectivity index (χ0v) is 38.6. The van der Waals surface area contributed by atoms with Crippen molar-refractivity contribution in [3.8, 4) is 0 Å². The van der Waals surface area contributed by atoms with Crippen molar-refractivity contribution < 1.29 is 32.5 Å². The Morgan fingerprint density at radius 1 is 0.579 bits per heavy atom. The molecule has 0 aromatic rings. The van der Waals surface area contributed by atoms with Crippen molar-refractivity contribution in [3.63, 3.8) is 0 Å². The van der Waals surface area contributed by atoms with Crippen LogP contribution in [0.15, 0.2) is 12.7 Å². The van der Waals surface area contributed by atoms with Crippen LogP contribution in [0.25, 0.3) is 0 Å². The molecule has 3 unspecified atom stereocenters. The maximum atomic E-state index is 13.3. The fourth-order valence-corrected chi connectivity index (χ4v) is 8.41. The van der Waals surface area contributed by atoms with E-state index in [0.29, 0.717) is 25.7 Å². The molecule has 0 rings (SSSR count). The lowest BCUT2D eigenvalue weighted by Gasteiger charge is -2.24. The average molecular weight is 829 g/mol. The van der Waals surface area contributed by atoms with Crippen LogP contribution in [0.5, 0.6) is 0 Å². The zero-order valence-electron chi connectivity index (χ0n) is 37.7. The smallest absolute Gasteiger partial charge is 0.460 e. The molecule has 0 saturated carbocycles. The Kier molecular flexibility index (Phi) is 41.9. The average Bonchev–Trinajstić information content (AvgIpc) is 3.20. The number of carbonyl (C=O) groups excluding carboxylic acids is 2. The van der Waals surface area contributed by atoms with Crippen molar-refractivity contribution in [2.75, 3.05) is 26.4 Å². The minimum atomic E-state index is -3.94. The van der Waals surface area contributed by atoms with Crippen LogP contribution in [0.3, 0.4) is 0 Å². The fraction of sp³-hybridized carbons (Fsp3) is 0.915. The molecule has 1 amide bonds. The fourth-order valence-electron chi connectivity index (χ4n) is 7.22. The van der Waals surface area contributed by atoms with Gasteiger partial charge in [-0.05, 0) is 32.1 Å². The summed E-state index contributed by atoms with van der Waals surface area (Å²) in [6.45, 7) is 10.4. The highest BCUT2D eigenvalue weighted by Gasteiger charge is 2.29. The van der Waals surface area contributed by atoms with Gasteiger partial charge in [-0.1, -0.05) is 200 Å². The monoisotopic (exact) mass is 829 g/mol. The van der Waals surface area contributed by atoms with E-state index in [-0.39, 0.29) is 44.3 Å². The molecule has 0 bridgehead atoms. The second-order valence-electron chi connectivity index (χ2n) is 16.4. The highest BCUT2D eigenvalue weighted by molar-refractivity contribution is 7.48. The summed E-state index contributed by atoms with van der Waals surface area (Å²) in [5.74, 6) is -0.189. The SMILES string of the molecule is C=CCOP(=O)(OCCN)OCC(CCC(CCCCCCCCC)NC(=O)CCCCCCCCCCCCC)OC(=O)CCCCCCCCCCCCC. The van der Waals surface area contributed by atoms with Gasteiger partial charge in [0.2, 0.25) is 5.91 Å². The van der Waals surface area contributed by atoms with Gasteiger partial charge in [-0.15, -0.1) is 6.58 Å². The first-order chi connectivity index (χ1) is 27.8. The van der Waals surface area contributed by atoms with E-state index >= 15 is 0 Å². The second kappa shape index (κ2) is 42.9. The number of ether oxygens (including phenoxy) is 1. The topological polar surface area (TPSA) is 126 Å². The van der Waals surface area contributed by atoms with Crippen LogP contribution in [-0.4, -0.2) is 50.4 Å². The second-order valence-corrected chi connectivity index (χ2v) is 18.1. The number of nitrogens with two attached hydrogens (primary N) is 1. The molecule has 338 valence electrons. The summed E-state index contributed by atoms with van der Waals surface area (Å²) in [6.07, 6.45) is 39.1. The molecule has 0 aromatic carbocycles. The number of carbonyl (C=O) groups is 2. The molecule has 9 nitrogen and oxygen atoms in total. The number of esters is 1. The first-order valence-corrected chi connectivity index (χ1v) is 25.6. The van der Waals surface area contributed by atoms with Crippen LogP contribution < -0.4 is 11.1 Å². The molecule has 0 aliphatic carbocycles. The standard InChI is InChI=1S/C47H93N2O7P/c1-5-9-12-15-18-20-22-24-27-30-33-36-46(50)49-44(35-32-29-26-17-14-11-7-3)38-39-45(43-55-57(52,53-41-8-4)54-42-40-48)56-47(51)37-34-31-28-25-23-21-19-16-13-10-6-2/h8,44-45H,4-7,9-43,48H2,1-3H3,(H,49,50). The Morgan fingerprint density at radius 3 is 1.47 bits per heavy atom. The van der Waals surface area contributed by atoms with Gasteiger partial charge in [-0.25, -0.2) is 4.57 Å². The number of amides is 1. The molecule has 0 heterocycles. The van der Waals surface area contributed by atoms with Gasteiger partial charge in [0.15, 0.2) is 0 Å². The number of phosphoric acid groups is 1. The third-order valence-electron chi connectivity index (χ3n) is 10.8. The van der Waals surface area contributed by atoms with Gasteiger partial charge in [-0.2, -0.15) is 0 Å². The number of hydrogen-bond acceptors (Lipinski definition) is 8. The van der Waals surface area contributed by atoms with Crippen molar-refractivity contribution in [2.24, 2.45) is 5.73 Å². The molecule has 3 atom stereocenters. The molecule has 0 saturated heterocycles. The van der Waals surface area contributed by atoms with Crippen molar-refractivity contribution in [2.45, 2.75) is 251 Å². The first-order valence-electron chi connectivity index (χ1n) is 24.2. The van der Waals surface area contributed by atoms with Gasteiger partial charge < -0.3 is 15.8 Å². The van der Waals surface area contributed by atoms with Crippen molar-refractivity contribution in [1.29, 1.82) is 0 Å². The Bertz CT molecular complexity index is 953. The van der Waals surface area contributed by atoms with Crippen LogP contribution >= 0.6 is 7.82 Å². The lowest BCUT2D eigenvalue weighted by Crippen LogP contribution is -2.36. The summed E-state index contributed by atoms with van der Waals surface area (Å²) in [5, 5.41) is 3.33. The van der Waals surface area contributed by atoms with Gasteiger partial charge in [0.05, 0.1) is 19.8 Å². The zero-order chi connectivity index (χ0) is 41.9. The summed E-state index contributed by atoms with van der Waals surface area (Å²) in [6, 6.07) is -0.0361. The summed E-state index contributed by atoms with van der Waals surface area (Å²) in [5.41, 5.74) is 5.60. The van der Waals surface area contributed by atoms with Gasteiger partial charge in [0.25, 0.3) is 0 Å². The normalized spacial score (nSPS) is 13.6. The Balaban J connectivity index is 5.21. The van der Waals surface area contributed by atoms with Crippen LogP contribution in [0, 0.1) is 0 Å². The molecule has 0 aromatic heterocycles. The highest BCUT2D eigenvalue weighted by Crippen LogP contribution is 2.49. The number of unbranched alkanes of at least 4 members (excludes halogenated alkanes) is 26. The minimum Gasteiger partial charge on any atom is -0.460 e. The predicted molar refractivity (Wildman–Crippen MR) is 241 cm³/mol. The Hall–Kier alpha value is -1.25. The quantitative estimate of drug-likeness (QED) is 0.0269. The van der Waals surface area contributed by atoms with Gasteiger partial charge >= 0.3 is 13.8 Å². The van der Waals surface area contributed by atoms with E-state index < -0.39 is 13.9 Å². The predicted octanol–water partition coefficient (Wildman–Crippen LogP) is 14.0. The molecule has 3 N–H and O–H groups in total. The van der Waals surface area contributed by atoms with E-state index in [2.05, 4.69) is 32.7 Å². The van der Waals surface area contributed by atoms with E-state index in [1.54, 1.807) is 0 Å². The highest BCUT2D eigenvalue weighted by atomic mass is 31.2. The van der Waals surface area contributed by atoms with E-state index in [1.165, 1.54) is 147 Å². The molecule has 0 spiro atoms. The van der Waals surface area contributed by atoms with Crippen LogP contribution in [0.4, 0.5) is 0 Å². The maximum absolute atomic E-state index is 13.3. The lowest BCUT2D eigenvalue weighted by molar-refractivity contribution is -0.151. The summed E-state index contributed by atoms with van der Waals surface area (Å²) < 4.78 is 35.8. The molecule has 10 heteroatoms. The number of phosphoric ester groups is 1. The van der Waals surface area contributed by atoms with Crippen molar-refractivity contribution >= 4 is 19.7 Å². The molecule has 0 aliphatic rings. The van der Waals surface area contributed by atoms with E-state index in [4.69, 9.17) is 24.0 Å². The van der Waals surface area contributed by atoms with Gasteiger partial charge in [-0.3, -0.25) is 23.2 Å². The number of hydrogen-bond donors (Lipinski definition) is 2. The Morgan fingerprint density at radius 2 is 1.02 bits per heavy atom. The summed E-state index contributed by atoms with van der Waals surface area (Å²) in [7, 11) is -3.94. The van der Waals surface area contributed by atoms with Crippen LogP contribution in [0.2, 0.25) is 0 Å². The van der Waals surface area contributed by atoms with Crippen molar-refractivity contribution in [1.82, 2.24) is 5.32 Å². The summed E-state index contributed by atoms with van der Waals surface area (Å²) in [4.78, 5) is 26.3. The van der Waals surface area contributed by atoms with E-state index in [0.717, 1.165) is 51.4 Å². The first kappa shape index (κ1) is 55.8. The van der Waals surface area contributed by atoms with E-state index in [9.17, 15) is 14.2 Å². The molecule has 57 heavy (non-hydrogen) atoms. The van der Waals surface area contributed by atoms with Crippen molar-refractivity contribution in [3.05, 3.63) is 12.7 Å². The van der Waals surface area contributed by atoms with Gasteiger partial charge in [0, 0.05) is 25.4 Å². The molecule has 0 radical (unpaired) electrons. The van der Waals surface area contributed by atoms with E-state index in [1.807, 2.05) is 0 Å². The molecule has 0 aliphatic heterocycles. The molecule has 0 fully saturated rings. The molecular formula is C47H93N2O7P. The molecular weight excluding hydrogens is 735 g/mol. The number of nitrogens with one attached hydrogen (secondary N) is 1. The third kappa shape index (κ3) is 38.7.